The second kappa shape index (κ2) is 23.7. The number of ether oxygens (including phenoxy) is 1. The van der Waals surface area contributed by atoms with Gasteiger partial charge in [0.1, 0.15) is 11.9 Å². The minimum atomic E-state index is -6.13. The van der Waals surface area contributed by atoms with E-state index in [0.717, 1.165) is 23.6 Å². The van der Waals surface area contributed by atoms with Crippen molar-refractivity contribution in [2.45, 2.75) is 94.0 Å². The van der Waals surface area contributed by atoms with Crippen LogP contribution in [0.2, 0.25) is 0 Å². The van der Waals surface area contributed by atoms with Crippen LogP contribution in [-0.4, -0.2) is 6.15 Å². The summed E-state index contributed by atoms with van der Waals surface area (Å²) in [6.07, 6.45) is -45.9. The zero-order chi connectivity index (χ0) is 64.1. The molecular weight excluding hydrogens is 1220 g/mol. The Balaban J connectivity index is 0.000000271. The third-order valence-electron chi connectivity index (χ3n) is 14.7. The summed E-state index contributed by atoms with van der Waals surface area (Å²) in [5.41, 5.74) is -27.5. The van der Waals surface area contributed by atoms with Gasteiger partial charge in [-0.25, -0.2) is 0 Å². The van der Waals surface area contributed by atoms with Gasteiger partial charge in [0, 0.05) is 11.6 Å². The Morgan fingerprint density at radius 2 is 0.678 bits per heavy atom. The van der Waals surface area contributed by atoms with Gasteiger partial charge in [0.2, 0.25) is 0 Å². The minimum Gasteiger partial charge on any atom is -0.405 e. The van der Waals surface area contributed by atoms with E-state index in [1.807, 2.05) is 0 Å². The molecule has 0 N–H and O–H groups in total. The molecule has 27 heteroatoms. The summed E-state index contributed by atoms with van der Waals surface area (Å²) < 4.78 is 350. The highest BCUT2D eigenvalue weighted by molar-refractivity contribution is 7.20. The predicted octanol–water partition coefficient (Wildman–Crippen LogP) is 18.2. The van der Waals surface area contributed by atoms with E-state index in [2.05, 4.69) is 95.7 Å². The zero-order valence-corrected chi connectivity index (χ0v) is 43.9. The van der Waals surface area contributed by atoms with E-state index in [4.69, 9.17) is 4.74 Å². The van der Waals surface area contributed by atoms with Crippen LogP contribution in [0.4, 0.5) is 105 Å². The molecule has 7 aromatic carbocycles. The van der Waals surface area contributed by atoms with Crippen molar-refractivity contribution in [3.8, 4) is 11.6 Å². The topological polar surface area (TPSA) is 13.1 Å². The lowest BCUT2D eigenvalue weighted by molar-refractivity contribution is -0.691. The standard InChI is InChI=1S/C32H12BF24.C28H28NO/c34-25(35,36)13-1-14(26(37,38)39)6-21(5-13)33(22-7-15(27(40,41)42)2-16(8-22)28(43,44)45,23-9-17(29(46,47)48)3-18(10-23)30(49,50)51)24-11-19(31(52,53)54)4-20(12-24)32(55,56)57;1-3-9-22(10-4-1)21-29-20-19-25-13-7-8-14-27(25)28(29)30-26-17-15-24(16-18-26)23-11-5-2-6-12-23/h1-12H;1,3-4,7-10,13-20,23H,2,5-6,11-12,21H2/q-1;+1. The first-order chi connectivity index (χ1) is 40.1. The third kappa shape index (κ3) is 14.9. The van der Waals surface area contributed by atoms with Crippen LogP contribution in [0.25, 0.3) is 10.8 Å². The van der Waals surface area contributed by atoms with Gasteiger partial charge in [-0.1, -0.05) is 128 Å². The molecule has 1 saturated carbocycles. The van der Waals surface area contributed by atoms with Crippen molar-refractivity contribution in [2.75, 3.05) is 0 Å². The predicted molar refractivity (Wildman–Crippen MR) is 272 cm³/mol. The van der Waals surface area contributed by atoms with Gasteiger partial charge < -0.3 is 4.74 Å². The average Bonchev–Trinajstić information content (AvgIpc) is 0.718. The van der Waals surface area contributed by atoms with Crippen LogP contribution >= 0.6 is 0 Å². The molecule has 0 aliphatic heterocycles. The number of alkyl halides is 24. The highest BCUT2D eigenvalue weighted by atomic mass is 19.4. The van der Waals surface area contributed by atoms with Gasteiger partial charge in [-0.05, 0) is 72.2 Å². The molecule has 0 radical (unpaired) electrons. The van der Waals surface area contributed by atoms with Crippen LogP contribution in [0.1, 0.15) is 93.7 Å². The summed E-state index contributed by atoms with van der Waals surface area (Å²) in [5, 5.41) is 2.32. The summed E-state index contributed by atoms with van der Waals surface area (Å²) in [4.78, 5) is 0. The van der Waals surface area contributed by atoms with Gasteiger partial charge in [0.05, 0.1) is 49.9 Å². The summed E-state index contributed by atoms with van der Waals surface area (Å²) in [5.74, 6) is 2.50. The summed E-state index contributed by atoms with van der Waals surface area (Å²) >= 11 is 0. The molecule has 0 atom stereocenters. The molecule has 9 rings (SSSR count). The Bertz CT molecular complexity index is 3300. The Kier molecular flexibility index (Phi) is 17.7. The van der Waals surface area contributed by atoms with Crippen LogP contribution < -0.4 is 31.2 Å². The van der Waals surface area contributed by atoms with E-state index >= 15 is 0 Å². The Morgan fingerprint density at radius 1 is 0.356 bits per heavy atom. The van der Waals surface area contributed by atoms with E-state index in [0.29, 0.717) is 5.92 Å². The third-order valence-corrected chi connectivity index (χ3v) is 14.7. The van der Waals surface area contributed by atoms with E-state index in [9.17, 15) is 105 Å². The molecule has 2 nitrogen and oxygen atoms in total. The molecule has 0 unspecified atom stereocenters. The fourth-order valence-electron chi connectivity index (χ4n) is 10.7. The molecule has 1 fully saturated rings. The SMILES string of the molecule is FC(F)(F)c1cc([B-](c2cc(C(F)(F)F)cc(C(F)(F)F)c2)(c2cc(C(F)(F)F)cc(C(F)(F)F)c2)c2cc(C(F)(F)F)cc(C(F)(F)F)c2)cc(C(F)(F)F)c1.c1ccc(C[n+]2ccc3ccccc3c2Oc2ccc(C3CCCCC3)cc2)cc1. The van der Waals surface area contributed by atoms with Crippen molar-refractivity contribution in [3.63, 3.8) is 0 Å². The smallest absolute Gasteiger partial charge is 0.405 e. The molecule has 0 spiro atoms. The molecule has 0 amide bonds. The average molecular weight is 1260 g/mol. The maximum Gasteiger partial charge on any atom is 0.416 e. The summed E-state index contributed by atoms with van der Waals surface area (Å²) in [7, 11) is 0. The fraction of sp³-hybridized carbons (Fsp3) is 0.250. The Morgan fingerprint density at radius 3 is 1.01 bits per heavy atom. The normalized spacial score (nSPS) is 14.4. The Hall–Kier alpha value is -7.87. The zero-order valence-electron chi connectivity index (χ0n) is 43.9. The number of hydrogen-bond donors (Lipinski definition) is 0. The first-order valence-electron chi connectivity index (χ1n) is 25.7. The number of aromatic nitrogens is 1. The van der Waals surface area contributed by atoms with E-state index in [1.165, 1.54) is 48.6 Å². The van der Waals surface area contributed by atoms with Crippen molar-refractivity contribution < 1.29 is 115 Å². The number of halogens is 24. The van der Waals surface area contributed by atoms with Crippen molar-refractivity contribution in [1.82, 2.24) is 0 Å². The van der Waals surface area contributed by atoms with Crippen molar-refractivity contribution in [1.29, 1.82) is 0 Å². The Labute approximate surface area is 477 Å². The minimum absolute atomic E-state index is 0.691. The lowest BCUT2D eigenvalue weighted by Gasteiger charge is -2.46. The van der Waals surface area contributed by atoms with Gasteiger partial charge in [-0.15, -0.1) is 0 Å². The first-order valence-corrected chi connectivity index (χ1v) is 25.7. The second-order valence-electron chi connectivity index (χ2n) is 20.6. The molecule has 8 aromatic rings. The van der Waals surface area contributed by atoms with E-state index < -0.39 is 195 Å². The molecule has 1 heterocycles. The van der Waals surface area contributed by atoms with Gasteiger partial charge >= 0.3 is 55.3 Å². The van der Waals surface area contributed by atoms with Crippen LogP contribution in [0, 0.1) is 0 Å². The van der Waals surface area contributed by atoms with Crippen LogP contribution in [0.3, 0.4) is 0 Å². The molecule has 0 bridgehead atoms. The second-order valence-corrected chi connectivity index (χ2v) is 20.6. The fourth-order valence-corrected chi connectivity index (χ4v) is 10.7. The lowest BCUT2D eigenvalue weighted by atomic mass is 9.12. The highest BCUT2D eigenvalue weighted by Crippen LogP contribution is 2.42. The highest BCUT2D eigenvalue weighted by Gasteiger charge is 2.47. The van der Waals surface area contributed by atoms with Crippen LogP contribution in [0.15, 0.2) is 164 Å². The molecule has 87 heavy (non-hydrogen) atoms. The van der Waals surface area contributed by atoms with Crippen LogP contribution in [0.5, 0.6) is 11.6 Å². The van der Waals surface area contributed by atoms with Gasteiger partial charge in [0.25, 0.3) is 0 Å². The molecule has 462 valence electrons. The van der Waals surface area contributed by atoms with Gasteiger partial charge in [-0.3, -0.25) is 0 Å². The maximum absolute atomic E-state index is 14.2. The quantitative estimate of drug-likeness (QED) is 0.0797. The number of nitrogens with zero attached hydrogens (tertiary/aromatic N) is 1. The number of hydrogen-bond acceptors (Lipinski definition) is 1. The van der Waals surface area contributed by atoms with Gasteiger partial charge in [-0.2, -0.15) is 132 Å². The molecule has 1 aliphatic carbocycles. The number of rotatable bonds is 9. The van der Waals surface area contributed by atoms with Gasteiger partial charge in [0.15, 0.2) is 12.7 Å². The van der Waals surface area contributed by atoms with Crippen molar-refractivity contribution >= 4 is 38.8 Å². The summed E-state index contributed by atoms with van der Waals surface area (Å²) in [6, 6.07) is 21.1. The largest absolute Gasteiger partial charge is 0.416 e. The van der Waals surface area contributed by atoms with Crippen molar-refractivity contribution in [2.24, 2.45) is 0 Å². The van der Waals surface area contributed by atoms with Crippen LogP contribution in [-0.2, 0) is 56.0 Å². The first kappa shape index (κ1) is 65.1. The molecule has 1 aromatic heterocycles. The summed E-state index contributed by atoms with van der Waals surface area (Å²) in [6.45, 7) is 0.779. The number of fused-ring (bicyclic) bond motifs is 1. The van der Waals surface area contributed by atoms with E-state index in [1.54, 1.807) is 0 Å². The number of benzene rings is 7. The molecular formula is C60H40BF24NO. The molecule has 1 aliphatic rings. The lowest BCUT2D eigenvalue weighted by Crippen LogP contribution is -2.75. The molecule has 0 saturated heterocycles. The monoisotopic (exact) mass is 1260 g/mol. The maximum atomic E-state index is 14.2. The van der Waals surface area contributed by atoms with Crippen molar-refractivity contribution in [3.05, 3.63) is 220 Å². The van der Waals surface area contributed by atoms with E-state index in [-0.39, 0.29) is 0 Å². The number of pyridine rings is 1.